The fraction of sp³-hybridized carbons (Fsp3) is 1.00. The highest BCUT2D eigenvalue weighted by Crippen LogP contribution is 2.28. The second kappa shape index (κ2) is 12.3. The van der Waals surface area contributed by atoms with Crippen LogP contribution >= 0.6 is 0 Å². The molecule has 0 aromatic heterocycles. The summed E-state index contributed by atoms with van der Waals surface area (Å²) in [7, 11) is -16.1. The standard InChI is InChI=1S/C11H21NO19S4/c13-10-7(3-25-4-8(10)30-35(22,23)24)28-11-9(12-31-32(14)15)6(29-34(19,20)21)1-5(27-11)2-26-33(16,17)18/h5-13H,1-4H2,(H,14,15)(H,16,17,18)(H,19,20,21)(H,22,23,24)/p-4/t5?,6-,7-,8?,9?,10-,11-/m0/s1. The summed E-state index contributed by atoms with van der Waals surface area (Å²) in [5.41, 5.74) is 1.78. The van der Waals surface area contributed by atoms with Crippen molar-refractivity contribution in [3.63, 3.8) is 0 Å². The quantitative estimate of drug-likeness (QED) is 0.0920. The van der Waals surface area contributed by atoms with E-state index in [1.807, 2.05) is 0 Å². The van der Waals surface area contributed by atoms with Crippen LogP contribution in [0.15, 0.2) is 0 Å². The predicted octanol–water partition coefficient (Wildman–Crippen LogP) is -5.27. The maximum Gasteiger partial charge on any atom is 0.218 e. The van der Waals surface area contributed by atoms with Gasteiger partial charge in [0.1, 0.15) is 41.8 Å². The van der Waals surface area contributed by atoms with E-state index >= 15 is 0 Å². The van der Waals surface area contributed by atoms with Crippen LogP contribution in [-0.2, 0) is 73.6 Å². The van der Waals surface area contributed by atoms with Crippen molar-refractivity contribution in [3.8, 4) is 0 Å². The van der Waals surface area contributed by atoms with Gasteiger partial charge in [-0.1, -0.05) is 0 Å². The topological polar surface area (TPSA) is 309 Å². The first-order valence-electron chi connectivity index (χ1n) is 8.91. The first-order chi connectivity index (χ1) is 15.9. The summed E-state index contributed by atoms with van der Waals surface area (Å²) in [6.07, 6.45) is -11.4. The number of nitrogens with one attached hydrogen (secondary N) is 1. The van der Waals surface area contributed by atoms with Crippen molar-refractivity contribution >= 4 is 42.6 Å². The van der Waals surface area contributed by atoms with E-state index in [0.717, 1.165) is 0 Å². The predicted molar refractivity (Wildman–Crippen MR) is 96.7 cm³/mol. The number of rotatable bonds is 12. The van der Waals surface area contributed by atoms with Gasteiger partial charge in [-0.05, 0) is 0 Å². The highest BCUT2D eigenvalue weighted by molar-refractivity contribution is 7.81. The molecule has 0 spiro atoms. The molecule has 35 heavy (non-hydrogen) atoms. The molecule has 20 nitrogen and oxygen atoms in total. The van der Waals surface area contributed by atoms with Crippen LogP contribution in [0.4, 0.5) is 0 Å². The highest BCUT2D eigenvalue weighted by atomic mass is 32.3. The Hall–Kier alpha value is -0.520. The van der Waals surface area contributed by atoms with E-state index in [2.05, 4.69) is 16.8 Å². The number of hydrogen-bond donors (Lipinski definition) is 2. The molecule has 0 aliphatic carbocycles. The Kier molecular flexibility index (Phi) is 10.8. The van der Waals surface area contributed by atoms with Crippen LogP contribution in [0.3, 0.4) is 0 Å². The number of hydroxylamine groups is 1. The minimum absolute atomic E-state index is 0.512. The van der Waals surface area contributed by atoms with E-state index in [-0.39, 0.29) is 0 Å². The molecule has 208 valence electrons. The van der Waals surface area contributed by atoms with E-state index in [4.69, 9.17) is 14.2 Å². The first kappa shape index (κ1) is 30.7. The Morgan fingerprint density at radius 3 is 2.06 bits per heavy atom. The van der Waals surface area contributed by atoms with E-state index in [1.54, 1.807) is 5.48 Å². The van der Waals surface area contributed by atoms with Crippen molar-refractivity contribution in [1.82, 2.24) is 5.48 Å². The van der Waals surface area contributed by atoms with Crippen molar-refractivity contribution in [2.75, 3.05) is 19.8 Å². The largest absolute Gasteiger partial charge is 0.748 e. The van der Waals surface area contributed by atoms with E-state index in [9.17, 15) is 52.8 Å². The fourth-order valence-corrected chi connectivity index (χ4v) is 4.52. The molecule has 2 rings (SSSR count). The van der Waals surface area contributed by atoms with Gasteiger partial charge in [0.2, 0.25) is 31.2 Å². The first-order valence-corrected chi connectivity index (χ1v) is 13.9. The molecule has 0 saturated carbocycles. The Morgan fingerprint density at radius 1 is 0.943 bits per heavy atom. The number of aliphatic hydroxyl groups is 1. The summed E-state index contributed by atoms with van der Waals surface area (Å²) in [5, 5.41) is 10.3. The molecule has 0 aromatic carbocycles. The molecule has 2 fully saturated rings. The summed E-state index contributed by atoms with van der Waals surface area (Å²) in [5.74, 6) is 0. The van der Waals surface area contributed by atoms with Gasteiger partial charge in [-0.2, -0.15) is 5.48 Å². The Labute approximate surface area is 201 Å². The number of hydrogen-bond acceptors (Lipinski definition) is 20. The zero-order valence-electron chi connectivity index (χ0n) is 16.8. The van der Waals surface area contributed by atoms with Crippen molar-refractivity contribution < 1.29 is 83.8 Å². The van der Waals surface area contributed by atoms with Crippen molar-refractivity contribution in [3.05, 3.63) is 0 Å². The molecule has 4 unspecified atom stereocenters. The summed E-state index contributed by atoms with van der Waals surface area (Å²) in [4.78, 5) is 0. The van der Waals surface area contributed by atoms with Gasteiger partial charge in [-0.3, -0.25) is 12.5 Å². The van der Waals surface area contributed by atoms with Crippen LogP contribution < -0.4 is 5.48 Å². The average molecular weight is 596 g/mol. The minimum Gasteiger partial charge on any atom is -0.748 e. The molecule has 2 N–H and O–H groups in total. The van der Waals surface area contributed by atoms with Gasteiger partial charge in [0, 0.05) is 6.42 Å². The molecule has 2 aliphatic heterocycles. The number of aliphatic hydroxyl groups excluding tert-OH is 1. The maximum atomic E-state index is 11.1. The lowest BCUT2D eigenvalue weighted by Crippen LogP contribution is -2.61. The summed E-state index contributed by atoms with van der Waals surface area (Å²) in [6, 6.07) is -1.81. The Morgan fingerprint density at radius 2 is 1.51 bits per heavy atom. The van der Waals surface area contributed by atoms with Gasteiger partial charge >= 0.3 is 0 Å². The van der Waals surface area contributed by atoms with E-state index in [1.165, 1.54) is 0 Å². The van der Waals surface area contributed by atoms with Gasteiger partial charge in [0.25, 0.3) is 0 Å². The van der Waals surface area contributed by atoms with Gasteiger partial charge in [-0.15, -0.1) is 0 Å². The molecule has 2 heterocycles. The fourth-order valence-electron chi connectivity index (χ4n) is 3.04. The number of ether oxygens (including phenoxy) is 3. The second-order valence-electron chi connectivity index (χ2n) is 6.77. The third-order valence-electron chi connectivity index (χ3n) is 4.28. The molecule has 8 atom stereocenters. The molecule has 0 aromatic rings. The lowest BCUT2D eigenvalue weighted by Gasteiger charge is -2.43. The Balaban J connectivity index is 2.30. The van der Waals surface area contributed by atoms with Crippen molar-refractivity contribution in [1.29, 1.82) is 0 Å². The average Bonchev–Trinajstić information content (AvgIpc) is 2.66. The lowest BCUT2D eigenvalue weighted by molar-refractivity contribution is -0.286. The van der Waals surface area contributed by atoms with Crippen LogP contribution in [-0.4, -0.2) is 115 Å². The van der Waals surface area contributed by atoms with Crippen LogP contribution in [0.5, 0.6) is 0 Å². The third kappa shape index (κ3) is 11.2. The van der Waals surface area contributed by atoms with Gasteiger partial charge in [-0.25, -0.2) is 33.7 Å². The van der Waals surface area contributed by atoms with Crippen molar-refractivity contribution in [2.24, 2.45) is 0 Å². The van der Waals surface area contributed by atoms with Crippen molar-refractivity contribution in [2.45, 2.75) is 49.3 Å². The van der Waals surface area contributed by atoms with E-state index in [0.29, 0.717) is 0 Å². The van der Waals surface area contributed by atoms with Gasteiger partial charge in [0.15, 0.2) is 6.29 Å². The summed E-state index contributed by atoms with van der Waals surface area (Å²) < 4.78 is 152. The maximum absolute atomic E-state index is 11.1. The summed E-state index contributed by atoms with van der Waals surface area (Å²) >= 11 is -3.27. The molecular formula is C11H17NO19S4-4. The van der Waals surface area contributed by atoms with Crippen LogP contribution in [0.1, 0.15) is 6.42 Å². The van der Waals surface area contributed by atoms with Crippen LogP contribution in [0.2, 0.25) is 0 Å². The second-order valence-corrected chi connectivity index (χ2v) is 10.4. The SMILES string of the molecule is O=S([O-])ONC1[C@H](O[C@H]2COCC(OS(=O)(=O)[O-])[C@H]2O)OC(COS(=O)(=O)[O-])C[C@@H]1OS(=O)(=O)[O-]. The normalized spacial score (nSPS) is 33.9. The zero-order chi connectivity index (χ0) is 26.6. The molecular weight excluding hydrogens is 578 g/mol. The van der Waals surface area contributed by atoms with Gasteiger partial charge in [0.05, 0.1) is 25.9 Å². The molecule has 0 bridgehead atoms. The monoisotopic (exact) mass is 595 g/mol. The molecule has 24 heteroatoms. The zero-order valence-corrected chi connectivity index (χ0v) is 20.1. The minimum atomic E-state index is -5.49. The molecule has 0 radical (unpaired) electrons. The lowest BCUT2D eigenvalue weighted by atomic mass is 10.0. The summed E-state index contributed by atoms with van der Waals surface area (Å²) in [6.45, 7) is -2.14. The molecule has 0 amide bonds. The van der Waals surface area contributed by atoms with Crippen LogP contribution in [0.25, 0.3) is 0 Å². The van der Waals surface area contributed by atoms with Gasteiger partial charge < -0.3 is 37.5 Å². The van der Waals surface area contributed by atoms with Crippen LogP contribution in [0, 0.1) is 0 Å². The molecule has 2 saturated heterocycles. The molecule has 2 aliphatic rings. The highest BCUT2D eigenvalue weighted by Gasteiger charge is 2.46. The van der Waals surface area contributed by atoms with E-state index < -0.39 is 112 Å². The Bertz CT molecular complexity index is 1040. The smallest absolute Gasteiger partial charge is 0.218 e. The third-order valence-corrected chi connectivity index (χ3v) is 5.91.